The van der Waals surface area contributed by atoms with Gasteiger partial charge in [-0.25, -0.2) is 0 Å². The van der Waals surface area contributed by atoms with Gasteiger partial charge in [0, 0.05) is 6.04 Å². The van der Waals surface area contributed by atoms with Crippen molar-refractivity contribution in [3.05, 3.63) is 27.2 Å². The molecule has 0 amide bonds. The van der Waals surface area contributed by atoms with Gasteiger partial charge < -0.3 is 11.1 Å². The monoisotopic (exact) mass is 297 g/mol. The summed E-state index contributed by atoms with van der Waals surface area (Å²) >= 11 is 7.63. The molecule has 0 bridgehead atoms. The van der Waals surface area contributed by atoms with Gasteiger partial charge >= 0.3 is 0 Å². The van der Waals surface area contributed by atoms with E-state index in [4.69, 9.17) is 17.3 Å². The van der Waals surface area contributed by atoms with Crippen LogP contribution < -0.4 is 11.1 Å². The van der Waals surface area contributed by atoms with Crippen LogP contribution in [0.4, 0.5) is 11.9 Å². The van der Waals surface area contributed by atoms with Crippen LogP contribution in [0.1, 0.15) is 24.7 Å². The molecule has 2 aromatic heterocycles. The molecule has 0 spiro atoms. The predicted molar refractivity (Wildman–Crippen MR) is 79.7 cm³/mol. The minimum atomic E-state index is 0.233. The second kappa shape index (κ2) is 6.16. The van der Waals surface area contributed by atoms with E-state index < -0.39 is 0 Å². The van der Waals surface area contributed by atoms with Crippen LogP contribution in [0.5, 0.6) is 0 Å². The molecule has 5 nitrogen and oxygen atoms in total. The fraction of sp³-hybridized carbons (Fsp3) is 0.417. The average molecular weight is 298 g/mol. The maximum atomic E-state index is 6.07. The number of nitrogens with one attached hydrogen (secondary N) is 1. The van der Waals surface area contributed by atoms with Crippen molar-refractivity contribution in [1.29, 1.82) is 0 Å². The Kier molecular flexibility index (Phi) is 4.55. The highest BCUT2D eigenvalue weighted by molar-refractivity contribution is 7.14. The van der Waals surface area contributed by atoms with Crippen LogP contribution in [0.25, 0.3) is 0 Å². The first-order valence-electron chi connectivity index (χ1n) is 6.01. The number of rotatable bonds is 5. The van der Waals surface area contributed by atoms with Crippen LogP contribution >= 0.6 is 22.9 Å². The van der Waals surface area contributed by atoms with Gasteiger partial charge in [-0.3, -0.25) is 0 Å². The molecule has 0 radical (unpaired) electrons. The highest BCUT2D eigenvalue weighted by Crippen LogP contribution is 2.24. The van der Waals surface area contributed by atoms with Gasteiger partial charge in [-0.05, 0) is 43.7 Å². The quantitative estimate of drug-likeness (QED) is 0.887. The Bertz CT molecular complexity index is 537. The number of hydrogen-bond donors (Lipinski definition) is 2. The van der Waals surface area contributed by atoms with Crippen molar-refractivity contribution < 1.29 is 0 Å². The highest BCUT2D eigenvalue weighted by Gasteiger charge is 2.08. The van der Waals surface area contributed by atoms with Gasteiger partial charge in [-0.1, -0.05) is 11.6 Å². The Hall–Kier alpha value is -1.40. The van der Waals surface area contributed by atoms with Crippen molar-refractivity contribution in [3.63, 3.8) is 0 Å². The van der Waals surface area contributed by atoms with Crippen LogP contribution in [-0.2, 0) is 6.42 Å². The molecule has 0 aliphatic heterocycles. The number of halogens is 1. The van der Waals surface area contributed by atoms with Crippen LogP contribution in [0.2, 0.25) is 4.34 Å². The van der Waals surface area contributed by atoms with Gasteiger partial charge in [-0.15, -0.1) is 11.3 Å². The van der Waals surface area contributed by atoms with E-state index in [1.165, 1.54) is 5.56 Å². The number of thiophene rings is 1. The summed E-state index contributed by atoms with van der Waals surface area (Å²) in [4.78, 5) is 12.2. The van der Waals surface area contributed by atoms with E-state index in [1.54, 1.807) is 18.3 Å². The normalized spacial score (nSPS) is 12.4. The molecule has 3 N–H and O–H groups in total. The SMILES string of the molecule is Cc1nc(N)nc(NC(C)CCc2ccsc2Cl)n1. The minimum Gasteiger partial charge on any atom is -0.368 e. The lowest BCUT2D eigenvalue weighted by Crippen LogP contribution is -2.19. The fourth-order valence-electron chi connectivity index (χ4n) is 1.73. The van der Waals surface area contributed by atoms with Crippen LogP contribution in [0, 0.1) is 6.92 Å². The second-order valence-corrected chi connectivity index (χ2v) is 5.89. The van der Waals surface area contributed by atoms with Gasteiger partial charge in [0.25, 0.3) is 0 Å². The third kappa shape index (κ3) is 4.04. The molecular formula is C12H16ClN5S. The van der Waals surface area contributed by atoms with E-state index in [0.29, 0.717) is 11.8 Å². The summed E-state index contributed by atoms with van der Waals surface area (Å²) in [6, 6.07) is 2.29. The van der Waals surface area contributed by atoms with Crippen LogP contribution in [-0.4, -0.2) is 21.0 Å². The first-order valence-corrected chi connectivity index (χ1v) is 7.27. The number of hydrogen-bond acceptors (Lipinski definition) is 6. The summed E-state index contributed by atoms with van der Waals surface area (Å²) in [5, 5.41) is 5.23. The summed E-state index contributed by atoms with van der Waals surface area (Å²) in [6.07, 6.45) is 1.87. The zero-order chi connectivity index (χ0) is 13.8. The van der Waals surface area contributed by atoms with E-state index >= 15 is 0 Å². The Balaban J connectivity index is 1.90. The number of nitrogens with two attached hydrogens (primary N) is 1. The largest absolute Gasteiger partial charge is 0.368 e. The molecule has 0 saturated carbocycles. The molecule has 7 heteroatoms. The molecule has 0 aliphatic carbocycles. The van der Waals surface area contributed by atoms with Crippen molar-refractivity contribution in [2.45, 2.75) is 32.7 Å². The van der Waals surface area contributed by atoms with Gasteiger partial charge in [0.15, 0.2) is 0 Å². The Morgan fingerprint density at radius 1 is 1.42 bits per heavy atom. The number of anilines is 2. The molecule has 0 aromatic carbocycles. The van der Waals surface area contributed by atoms with Gasteiger partial charge in [-0.2, -0.15) is 15.0 Å². The van der Waals surface area contributed by atoms with Crippen molar-refractivity contribution in [2.24, 2.45) is 0 Å². The first-order chi connectivity index (χ1) is 9.04. The third-order valence-electron chi connectivity index (χ3n) is 2.68. The lowest BCUT2D eigenvalue weighted by atomic mass is 10.1. The zero-order valence-corrected chi connectivity index (χ0v) is 12.4. The number of nitrogen functional groups attached to an aromatic ring is 1. The lowest BCUT2D eigenvalue weighted by Gasteiger charge is -2.13. The molecule has 1 unspecified atom stereocenters. The summed E-state index contributed by atoms with van der Waals surface area (Å²) in [5.74, 6) is 1.38. The molecule has 102 valence electrons. The standard InChI is InChI=1S/C12H16ClN5S/c1-7(3-4-9-5-6-19-10(9)13)15-12-17-8(2)16-11(14)18-12/h5-7H,3-4H2,1-2H3,(H3,14,15,16,17,18). The summed E-state index contributed by atoms with van der Waals surface area (Å²) in [7, 11) is 0. The number of aryl methyl sites for hydroxylation is 2. The number of nitrogens with zero attached hydrogens (tertiary/aromatic N) is 3. The van der Waals surface area contributed by atoms with Crippen LogP contribution in [0.15, 0.2) is 11.4 Å². The maximum absolute atomic E-state index is 6.07. The van der Waals surface area contributed by atoms with Crippen molar-refractivity contribution in [1.82, 2.24) is 15.0 Å². The summed E-state index contributed by atoms with van der Waals surface area (Å²) in [6.45, 7) is 3.87. The summed E-state index contributed by atoms with van der Waals surface area (Å²) in [5.41, 5.74) is 6.77. The van der Waals surface area contributed by atoms with Crippen LogP contribution in [0.3, 0.4) is 0 Å². The minimum absolute atomic E-state index is 0.233. The highest BCUT2D eigenvalue weighted by atomic mass is 35.5. The van der Waals surface area contributed by atoms with E-state index in [2.05, 4.69) is 33.3 Å². The number of aromatic nitrogens is 3. The molecule has 2 heterocycles. The van der Waals surface area contributed by atoms with E-state index in [1.807, 2.05) is 5.38 Å². The van der Waals surface area contributed by atoms with Gasteiger partial charge in [0.05, 0.1) is 4.34 Å². The molecule has 19 heavy (non-hydrogen) atoms. The molecule has 0 saturated heterocycles. The Morgan fingerprint density at radius 3 is 2.84 bits per heavy atom. The molecule has 1 atom stereocenters. The van der Waals surface area contributed by atoms with Gasteiger partial charge in [0.2, 0.25) is 11.9 Å². The van der Waals surface area contributed by atoms with E-state index in [9.17, 15) is 0 Å². The maximum Gasteiger partial charge on any atom is 0.227 e. The first kappa shape index (κ1) is 14.0. The molecule has 2 rings (SSSR count). The van der Waals surface area contributed by atoms with E-state index in [-0.39, 0.29) is 12.0 Å². The molecule has 2 aromatic rings. The second-order valence-electron chi connectivity index (χ2n) is 4.37. The van der Waals surface area contributed by atoms with Crippen molar-refractivity contribution in [2.75, 3.05) is 11.1 Å². The molecular weight excluding hydrogens is 282 g/mol. The Morgan fingerprint density at radius 2 is 2.21 bits per heavy atom. The lowest BCUT2D eigenvalue weighted by molar-refractivity contribution is 0.698. The fourth-order valence-corrected chi connectivity index (χ4v) is 2.72. The van der Waals surface area contributed by atoms with Crippen molar-refractivity contribution in [3.8, 4) is 0 Å². The third-order valence-corrected chi connectivity index (χ3v) is 3.93. The predicted octanol–water partition coefficient (Wildman–Crippen LogP) is 2.91. The summed E-state index contributed by atoms with van der Waals surface area (Å²) < 4.78 is 0.868. The van der Waals surface area contributed by atoms with Gasteiger partial charge in [0.1, 0.15) is 5.82 Å². The topological polar surface area (TPSA) is 76.7 Å². The molecule has 0 fully saturated rings. The van der Waals surface area contributed by atoms with E-state index in [0.717, 1.165) is 17.2 Å². The zero-order valence-electron chi connectivity index (χ0n) is 10.9. The smallest absolute Gasteiger partial charge is 0.227 e. The van der Waals surface area contributed by atoms with Crippen molar-refractivity contribution >= 4 is 34.8 Å². The average Bonchev–Trinajstić information content (AvgIpc) is 2.71. The molecule has 0 aliphatic rings. The Labute approximate surface area is 121 Å².